The molecule has 0 unspecified atom stereocenters. The first kappa shape index (κ1) is 18.0. The Labute approximate surface area is 144 Å². The Morgan fingerprint density at radius 3 is 2.87 bits per heavy atom. The summed E-state index contributed by atoms with van der Waals surface area (Å²) in [6.45, 7) is 8.30. The van der Waals surface area contributed by atoms with E-state index in [1.165, 1.54) is 23.1 Å². The fourth-order valence-corrected chi connectivity index (χ4v) is 4.04. The van der Waals surface area contributed by atoms with Gasteiger partial charge in [0.2, 0.25) is 5.13 Å². The van der Waals surface area contributed by atoms with Crippen molar-refractivity contribution in [1.82, 2.24) is 14.8 Å². The lowest BCUT2D eigenvalue weighted by Crippen LogP contribution is -2.06. The van der Waals surface area contributed by atoms with Gasteiger partial charge in [-0.25, -0.2) is 0 Å². The molecule has 2 aromatic rings. The van der Waals surface area contributed by atoms with Crippen LogP contribution in [0.3, 0.4) is 0 Å². The lowest BCUT2D eigenvalue weighted by Gasteiger charge is -2.05. The summed E-state index contributed by atoms with van der Waals surface area (Å²) in [5.41, 5.74) is 2.97. The SMILES string of the molecule is CCn1c(C)cc(C(=O)CSc2nnc(NCCOC)s2)c1C. The van der Waals surface area contributed by atoms with Crippen molar-refractivity contribution in [2.75, 3.05) is 31.3 Å². The van der Waals surface area contributed by atoms with Gasteiger partial charge < -0.3 is 14.6 Å². The molecule has 0 aliphatic rings. The molecular weight excluding hydrogens is 332 g/mol. The largest absolute Gasteiger partial charge is 0.383 e. The quantitative estimate of drug-likeness (QED) is 0.424. The summed E-state index contributed by atoms with van der Waals surface area (Å²) >= 11 is 2.88. The number of hydrogen-bond donors (Lipinski definition) is 1. The van der Waals surface area contributed by atoms with Crippen LogP contribution in [-0.2, 0) is 11.3 Å². The Hall–Kier alpha value is -1.38. The highest BCUT2D eigenvalue weighted by molar-refractivity contribution is 8.01. The highest BCUT2D eigenvalue weighted by Gasteiger charge is 2.16. The standard InChI is InChI=1S/C15H22N4O2S2/c1-5-19-10(2)8-12(11(19)3)13(20)9-22-15-18-17-14(23-15)16-6-7-21-4/h8H,5-7,9H2,1-4H3,(H,16,17). The van der Waals surface area contributed by atoms with Crippen LogP contribution < -0.4 is 5.32 Å². The average Bonchev–Trinajstić information content (AvgIpc) is 3.09. The van der Waals surface area contributed by atoms with E-state index in [1.54, 1.807) is 7.11 Å². The molecule has 0 aliphatic heterocycles. The second-order valence-electron chi connectivity index (χ2n) is 5.03. The van der Waals surface area contributed by atoms with Gasteiger partial charge in [0, 0.05) is 37.2 Å². The predicted octanol–water partition coefficient (Wildman–Crippen LogP) is 3.01. The van der Waals surface area contributed by atoms with E-state index >= 15 is 0 Å². The molecule has 1 N–H and O–H groups in total. The minimum absolute atomic E-state index is 0.131. The molecule has 2 aromatic heterocycles. The van der Waals surface area contributed by atoms with E-state index < -0.39 is 0 Å². The van der Waals surface area contributed by atoms with E-state index in [-0.39, 0.29) is 5.78 Å². The van der Waals surface area contributed by atoms with Gasteiger partial charge >= 0.3 is 0 Å². The number of nitrogens with zero attached hydrogens (tertiary/aromatic N) is 3. The molecule has 0 saturated carbocycles. The summed E-state index contributed by atoms with van der Waals surface area (Å²) < 4.78 is 7.92. The van der Waals surface area contributed by atoms with Crippen LogP contribution in [0.25, 0.3) is 0 Å². The number of nitrogens with one attached hydrogen (secondary N) is 1. The van der Waals surface area contributed by atoms with Gasteiger partial charge in [0.1, 0.15) is 0 Å². The molecule has 0 amide bonds. The van der Waals surface area contributed by atoms with Gasteiger partial charge in [0.15, 0.2) is 10.1 Å². The van der Waals surface area contributed by atoms with E-state index in [0.717, 1.165) is 33.0 Å². The van der Waals surface area contributed by atoms with Crippen LogP contribution >= 0.6 is 23.1 Å². The van der Waals surface area contributed by atoms with Gasteiger partial charge in [-0.15, -0.1) is 10.2 Å². The molecule has 126 valence electrons. The molecule has 8 heteroatoms. The van der Waals surface area contributed by atoms with E-state index in [9.17, 15) is 4.79 Å². The van der Waals surface area contributed by atoms with Crippen LogP contribution in [-0.4, -0.2) is 46.6 Å². The first-order valence-corrected chi connectivity index (χ1v) is 9.26. The molecule has 0 bridgehead atoms. The van der Waals surface area contributed by atoms with E-state index in [0.29, 0.717) is 18.9 Å². The Morgan fingerprint density at radius 1 is 1.43 bits per heavy atom. The number of thioether (sulfide) groups is 1. The maximum absolute atomic E-state index is 12.4. The van der Waals surface area contributed by atoms with Gasteiger partial charge in [-0.1, -0.05) is 23.1 Å². The molecule has 0 spiro atoms. The monoisotopic (exact) mass is 354 g/mol. The van der Waals surface area contributed by atoms with Gasteiger partial charge in [-0.05, 0) is 26.8 Å². The molecule has 0 aliphatic carbocycles. The summed E-state index contributed by atoms with van der Waals surface area (Å²) in [6, 6.07) is 1.97. The number of hydrogen-bond acceptors (Lipinski definition) is 7. The van der Waals surface area contributed by atoms with Crippen LogP contribution in [0.15, 0.2) is 10.4 Å². The molecule has 0 aromatic carbocycles. The number of methoxy groups -OCH3 is 1. The van der Waals surface area contributed by atoms with E-state index in [4.69, 9.17) is 4.74 Å². The summed E-state index contributed by atoms with van der Waals surface area (Å²) in [4.78, 5) is 12.4. The second kappa shape index (κ2) is 8.47. The van der Waals surface area contributed by atoms with Crippen molar-refractivity contribution in [3.05, 3.63) is 23.0 Å². The molecular formula is C15H22N4O2S2. The van der Waals surface area contributed by atoms with Crippen molar-refractivity contribution in [3.63, 3.8) is 0 Å². The molecule has 0 radical (unpaired) electrons. The third-order valence-corrected chi connectivity index (χ3v) is 5.52. The van der Waals surface area contributed by atoms with Crippen molar-refractivity contribution in [3.8, 4) is 0 Å². The summed E-state index contributed by atoms with van der Waals surface area (Å²) in [5.74, 6) is 0.507. The summed E-state index contributed by atoms with van der Waals surface area (Å²) in [6.07, 6.45) is 0. The minimum atomic E-state index is 0.131. The number of aromatic nitrogens is 3. The van der Waals surface area contributed by atoms with Crippen molar-refractivity contribution in [1.29, 1.82) is 0 Å². The molecule has 0 saturated heterocycles. The van der Waals surface area contributed by atoms with Crippen molar-refractivity contribution < 1.29 is 9.53 Å². The number of ether oxygens (including phenoxy) is 1. The van der Waals surface area contributed by atoms with Crippen molar-refractivity contribution >= 4 is 34.0 Å². The Bertz CT molecular complexity index is 666. The number of carbonyl (C=O) groups excluding carboxylic acids is 1. The Morgan fingerprint density at radius 2 is 2.22 bits per heavy atom. The number of ketones is 1. The maximum Gasteiger partial charge on any atom is 0.206 e. The van der Waals surface area contributed by atoms with Gasteiger partial charge in [0.05, 0.1) is 12.4 Å². The molecule has 0 atom stereocenters. The Kier molecular flexibility index (Phi) is 6.61. The molecule has 2 heterocycles. The maximum atomic E-state index is 12.4. The Balaban J connectivity index is 1.92. The third-order valence-electron chi connectivity index (χ3n) is 3.51. The van der Waals surface area contributed by atoms with Gasteiger partial charge in [0.25, 0.3) is 0 Å². The topological polar surface area (TPSA) is 69.0 Å². The highest BCUT2D eigenvalue weighted by atomic mass is 32.2. The molecule has 2 rings (SSSR count). The fraction of sp³-hybridized carbons (Fsp3) is 0.533. The second-order valence-corrected chi connectivity index (χ2v) is 7.23. The highest BCUT2D eigenvalue weighted by Crippen LogP contribution is 2.27. The number of Topliss-reactive ketones (excluding diaryl/α,β-unsaturated/α-hetero) is 1. The van der Waals surface area contributed by atoms with Crippen LogP contribution in [0.5, 0.6) is 0 Å². The fourth-order valence-electron chi connectivity index (χ4n) is 2.37. The first-order valence-electron chi connectivity index (χ1n) is 7.45. The molecule has 0 fully saturated rings. The summed E-state index contributed by atoms with van der Waals surface area (Å²) in [7, 11) is 1.66. The lowest BCUT2D eigenvalue weighted by atomic mass is 10.2. The normalized spacial score (nSPS) is 11.0. The summed E-state index contributed by atoms with van der Waals surface area (Å²) in [5, 5.41) is 12.0. The van der Waals surface area contributed by atoms with Gasteiger partial charge in [-0.3, -0.25) is 4.79 Å². The molecule has 6 nitrogen and oxygen atoms in total. The smallest absolute Gasteiger partial charge is 0.206 e. The first-order chi connectivity index (χ1) is 11.1. The predicted molar refractivity (Wildman–Crippen MR) is 94.9 cm³/mol. The van der Waals surface area contributed by atoms with Crippen LogP contribution in [0.4, 0.5) is 5.13 Å². The zero-order valence-corrected chi connectivity index (χ0v) is 15.5. The molecule has 23 heavy (non-hydrogen) atoms. The van der Waals surface area contributed by atoms with E-state index in [1.807, 2.05) is 19.9 Å². The number of aryl methyl sites for hydroxylation is 1. The number of carbonyl (C=O) groups is 1. The van der Waals surface area contributed by atoms with Crippen molar-refractivity contribution in [2.45, 2.75) is 31.7 Å². The van der Waals surface area contributed by atoms with Crippen LogP contribution in [0.2, 0.25) is 0 Å². The number of rotatable bonds is 9. The zero-order valence-electron chi connectivity index (χ0n) is 13.9. The zero-order chi connectivity index (χ0) is 16.8. The average molecular weight is 355 g/mol. The van der Waals surface area contributed by atoms with Crippen molar-refractivity contribution in [2.24, 2.45) is 0 Å². The van der Waals surface area contributed by atoms with Crippen LogP contribution in [0, 0.1) is 13.8 Å². The van der Waals surface area contributed by atoms with E-state index in [2.05, 4.69) is 27.0 Å². The lowest BCUT2D eigenvalue weighted by molar-refractivity contribution is 0.102. The minimum Gasteiger partial charge on any atom is -0.383 e. The van der Waals surface area contributed by atoms with Crippen LogP contribution in [0.1, 0.15) is 28.7 Å². The number of anilines is 1. The third kappa shape index (κ3) is 4.55. The van der Waals surface area contributed by atoms with Gasteiger partial charge in [-0.2, -0.15) is 0 Å².